The quantitative estimate of drug-likeness (QED) is 0.506. The molecule has 3 aromatic heterocycles. The molecule has 0 aliphatic heterocycles. The van der Waals surface area contributed by atoms with Gasteiger partial charge in [-0.1, -0.05) is 36.0 Å². The second-order valence-electron chi connectivity index (χ2n) is 6.51. The lowest BCUT2D eigenvalue weighted by atomic mass is 10.1. The van der Waals surface area contributed by atoms with Gasteiger partial charge in [0, 0.05) is 23.4 Å². The Morgan fingerprint density at radius 3 is 2.62 bits per heavy atom. The van der Waals surface area contributed by atoms with E-state index < -0.39 is 0 Å². The molecule has 3 heterocycles. The normalized spacial score (nSPS) is 11.3. The van der Waals surface area contributed by atoms with Gasteiger partial charge in [0.2, 0.25) is 0 Å². The zero-order valence-electron chi connectivity index (χ0n) is 15.0. The fourth-order valence-corrected chi connectivity index (χ4v) is 4.00. The summed E-state index contributed by atoms with van der Waals surface area (Å²) in [6, 6.07) is 13.8. The van der Waals surface area contributed by atoms with Crippen LogP contribution in [-0.4, -0.2) is 14.4 Å². The Balaban J connectivity index is 1.68. The molecule has 0 aliphatic carbocycles. The summed E-state index contributed by atoms with van der Waals surface area (Å²) in [5, 5.41) is 2.14. The van der Waals surface area contributed by atoms with Crippen LogP contribution in [0.3, 0.4) is 0 Å². The van der Waals surface area contributed by atoms with Crippen molar-refractivity contribution in [3.63, 3.8) is 0 Å². The zero-order valence-corrected chi connectivity index (χ0v) is 15.8. The number of aryl methyl sites for hydroxylation is 3. The lowest BCUT2D eigenvalue weighted by Gasteiger charge is -2.09. The van der Waals surface area contributed by atoms with Gasteiger partial charge in [0.1, 0.15) is 5.65 Å². The molecule has 0 radical (unpaired) electrons. The highest BCUT2D eigenvalue weighted by Crippen LogP contribution is 2.27. The van der Waals surface area contributed by atoms with E-state index in [-0.39, 0.29) is 5.56 Å². The smallest absolute Gasteiger partial charge is 0.258 e. The van der Waals surface area contributed by atoms with E-state index in [0.717, 1.165) is 21.8 Å². The molecule has 0 atom stereocenters. The molecule has 0 saturated heterocycles. The van der Waals surface area contributed by atoms with Crippen molar-refractivity contribution >= 4 is 28.3 Å². The number of nitrogens with zero attached hydrogens (tertiary/aromatic N) is 3. The molecule has 5 heteroatoms. The van der Waals surface area contributed by atoms with Crippen LogP contribution in [0.15, 0.2) is 58.5 Å². The average molecular weight is 361 g/mol. The van der Waals surface area contributed by atoms with Crippen LogP contribution in [0.4, 0.5) is 0 Å². The number of aromatic nitrogens is 3. The van der Waals surface area contributed by atoms with Crippen LogP contribution in [0.1, 0.15) is 22.4 Å². The molecule has 0 aliphatic rings. The van der Waals surface area contributed by atoms with Gasteiger partial charge < -0.3 is 0 Å². The SMILES string of the molecule is Cc1cc(SCc2cc(=O)n3cccc(C)c3n2)nc2c(C)cccc12. The highest BCUT2D eigenvalue weighted by atomic mass is 32.2. The first-order chi connectivity index (χ1) is 12.5. The van der Waals surface area contributed by atoms with Crippen LogP contribution in [0, 0.1) is 20.8 Å². The summed E-state index contributed by atoms with van der Waals surface area (Å²) in [4.78, 5) is 21.8. The molecule has 0 saturated carbocycles. The Labute approximate surface area is 155 Å². The minimum atomic E-state index is -0.0483. The van der Waals surface area contributed by atoms with Crippen LogP contribution in [0.2, 0.25) is 0 Å². The lowest BCUT2D eigenvalue weighted by molar-refractivity contribution is 0.999. The van der Waals surface area contributed by atoms with Gasteiger partial charge in [-0.2, -0.15) is 0 Å². The molecular weight excluding hydrogens is 342 g/mol. The molecule has 0 spiro atoms. The van der Waals surface area contributed by atoms with Crippen LogP contribution >= 0.6 is 11.8 Å². The van der Waals surface area contributed by atoms with Gasteiger partial charge in [-0.25, -0.2) is 9.97 Å². The Morgan fingerprint density at radius 1 is 0.962 bits per heavy atom. The Morgan fingerprint density at radius 2 is 1.77 bits per heavy atom. The van der Waals surface area contributed by atoms with Crippen molar-refractivity contribution in [3.05, 3.63) is 81.4 Å². The number of fused-ring (bicyclic) bond motifs is 2. The van der Waals surface area contributed by atoms with Crippen LogP contribution in [0.25, 0.3) is 16.6 Å². The molecule has 4 aromatic rings. The molecule has 0 fully saturated rings. The predicted octanol–water partition coefficient (Wildman–Crippen LogP) is 4.46. The van der Waals surface area contributed by atoms with Gasteiger partial charge in [0.05, 0.1) is 16.2 Å². The van der Waals surface area contributed by atoms with E-state index in [2.05, 4.69) is 43.1 Å². The molecule has 0 unspecified atom stereocenters. The second kappa shape index (κ2) is 6.57. The summed E-state index contributed by atoms with van der Waals surface area (Å²) in [5.74, 6) is 0.615. The van der Waals surface area contributed by atoms with Crippen LogP contribution in [-0.2, 0) is 5.75 Å². The standard InChI is InChI=1S/C21H19N3OS/c1-13-6-4-8-17-15(3)10-18(23-20(13)17)26-12-16-11-19(25)24-9-5-7-14(2)21(24)22-16/h4-11H,12H2,1-3H3. The maximum Gasteiger partial charge on any atom is 0.258 e. The van der Waals surface area contributed by atoms with E-state index in [4.69, 9.17) is 4.98 Å². The predicted molar refractivity (Wildman–Crippen MR) is 107 cm³/mol. The molecule has 1 aromatic carbocycles. The van der Waals surface area contributed by atoms with Crippen molar-refractivity contribution < 1.29 is 0 Å². The van der Waals surface area contributed by atoms with E-state index in [1.807, 2.05) is 19.1 Å². The van der Waals surface area contributed by atoms with Crippen molar-refractivity contribution in [2.75, 3.05) is 0 Å². The molecule has 26 heavy (non-hydrogen) atoms. The third-order valence-corrected chi connectivity index (χ3v) is 5.48. The van der Waals surface area contributed by atoms with Crippen molar-refractivity contribution in [3.8, 4) is 0 Å². The first-order valence-electron chi connectivity index (χ1n) is 8.50. The summed E-state index contributed by atoms with van der Waals surface area (Å²) < 4.78 is 1.59. The highest BCUT2D eigenvalue weighted by Gasteiger charge is 2.08. The van der Waals surface area contributed by atoms with E-state index in [9.17, 15) is 4.79 Å². The third kappa shape index (κ3) is 2.99. The van der Waals surface area contributed by atoms with Gasteiger partial charge in [-0.05, 0) is 49.6 Å². The van der Waals surface area contributed by atoms with Gasteiger partial charge in [0.15, 0.2) is 0 Å². The van der Waals surface area contributed by atoms with E-state index >= 15 is 0 Å². The lowest BCUT2D eigenvalue weighted by Crippen LogP contribution is -2.15. The molecule has 4 nitrogen and oxygen atoms in total. The Hall–Kier alpha value is -2.66. The fourth-order valence-electron chi connectivity index (χ4n) is 3.14. The van der Waals surface area contributed by atoms with Crippen molar-refractivity contribution in [2.24, 2.45) is 0 Å². The molecule has 0 bridgehead atoms. The second-order valence-corrected chi connectivity index (χ2v) is 7.50. The topological polar surface area (TPSA) is 47.3 Å². The highest BCUT2D eigenvalue weighted by molar-refractivity contribution is 7.98. The van der Waals surface area contributed by atoms with Gasteiger partial charge in [-0.15, -0.1) is 0 Å². The number of rotatable bonds is 3. The summed E-state index contributed by atoms with van der Waals surface area (Å²) in [6.07, 6.45) is 1.76. The number of benzene rings is 1. The van der Waals surface area contributed by atoms with Crippen molar-refractivity contribution in [1.82, 2.24) is 14.4 Å². The maximum absolute atomic E-state index is 12.3. The third-order valence-electron chi connectivity index (χ3n) is 4.53. The van der Waals surface area contributed by atoms with Crippen molar-refractivity contribution in [2.45, 2.75) is 31.6 Å². The van der Waals surface area contributed by atoms with E-state index in [1.165, 1.54) is 16.5 Å². The molecule has 4 rings (SSSR count). The van der Waals surface area contributed by atoms with Crippen LogP contribution in [0.5, 0.6) is 0 Å². The number of hydrogen-bond donors (Lipinski definition) is 0. The largest absolute Gasteiger partial charge is 0.269 e. The van der Waals surface area contributed by atoms with Gasteiger partial charge >= 0.3 is 0 Å². The molecular formula is C21H19N3OS. The summed E-state index contributed by atoms with van der Waals surface area (Å²) in [7, 11) is 0. The summed E-state index contributed by atoms with van der Waals surface area (Å²) in [6.45, 7) is 6.16. The van der Waals surface area contributed by atoms with Crippen molar-refractivity contribution in [1.29, 1.82) is 0 Å². The average Bonchev–Trinajstić information content (AvgIpc) is 2.62. The molecule has 0 N–H and O–H groups in total. The first kappa shape index (κ1) is 16.8. The number of thioether (sulfide) groups is 1. The summed E-state index contributed by atoms with van der Waals surface area (Å²) in [5.41, 5.74) is 5.86. The minimum Gasteiger partial charge on any atom is -0.269 e. The molecule has 0 amide bonds. The zero-order chi connectivity index (χ0) is 18.3. The first-order valence-corrected chi connectivity index (χ1v) is 9.49. The van der Waals surface area contributed by atoms with E-state index in [1.54, 1.807) is 28.4 Å². The minimum absolute atomic E-state index is 0.0483. The monoisotopic (exact) mass is 361 g/mol. The number of para-hydroxylation sites is 1. The Kier molecular flexibility index (Phi) is 4.24. The van der Waals surface area contributed by atoms with E-state index in [0.29, 0.717) is 11.4 Å². The maximum atomic E-state index is 12.3. The van der Waals surface area contributed by atoms with Gasteiger partial charge in [-0.3, -0.25) is 9.20 Å². The fraction of sp³-hybridized carbons (Fsp3) is 0.190. The number of hydrogen-bond acceptors (Lipinski definition) is 4. The van der Waals surface area contributed by atoms with Gasteiger partial charge in [0.25, 0.3) is 5.56 Å². The summed E-state index contributed by atoms with van der Waals surface area (Å²) >= 11 is 1.61. The Bertz CT molecular complexity index is 1200. The molecule has 130 valence electrons. The van der Waals surface area contributed by atoms with Crippen LogP contribution < -0.4 is 5.56 Å². The number of pyridine rings is 2.